The SMILES string of the molecule is O=C1CC=CN(c2ccccc2)N1C(=O)c1ccccc1. The Morgan fingerprint density at radius 1 is 0.905 bits per heavy atom. The molecule has 3 rings (SSSR count). The Labute approximate surface area is 122 Å². The van der Waals surface area contributed by atoms with Crippen molar-refractivity contribution >= 4 is 17.5 Å². The lowest BCUT2D eigenvalue weighted by molar-refractivity contribution is -0.128. The van der Waals surface area contributed by atoms with E-state index in [9.17, 15) is 9.59 Å². The lowest BCUT2D eigenvalue weighted by Gasteiger charge is -2.34. The Balaban J connectivity index is 1.99. The third kappa shape index (κ3) is 2.56. The molecule has 0 aliphatic carbocycles. The summed E-state index contributed by atoms with van der Waals surface area (Å²) in [5.41, 5.74) is 1.26. The lowest BCUT2D eigenvalue weighted by atomic mass is 10.2. The molecular formula is C17H14N2O2. The van der Waals surface area contributed by atoms with E-state index in [0.29, 0.717) is 5.56 Å². The van der Waals surface area contributed by atoms with Crippen LogP contribution in [0, 0.1) is 0 Å². The van der Waals surface area contributed by atoms with E-state index in [1.54, 1.807) is 41.6 Å². The third-order valence-corrected chi connectivity index (χ3v) is 3.22. The molecule has 1 heterocycles. The minimum absolute atomic E-state index is 0.224. The highest BCUT2D eigenvalue weighted by Crippen LogP contribution is 2.22. The fraction of sp³-hybridized carbons (Fsp3) is 0.0588. The molecule has 2 aromatic rings. The molecule has 0 fully saturated rings. The molecule has 0 bridgehead atoms. The zero-order valence-corrected chi connectivity index (χ0v) is 11.3. The summed E-state index contributed by atoms with van der Waals surface area (Å²) >= 11 is 0. The summed E-state index contributed by atoms with van der Waals surface area (Å²) in [4.78, 5) is 24.8. The number of anilines is 1. The summed E-state index contributed by atoms with van der Waals surface area (Å²) in [6.07, 6.45) is 3.73. The average Bonchev–Trinajstić information content (AvgIpc) is 2.55. The number of rotatable bonds is 2. The molecule has 1 aliphatic heterocycles. The molecule has 0 unspecified atom stereocenters. The Morgan fingerprint density at radius 2 is 1.52 bits per heavy atom. The van der Waals surface area contributed by atoms with Crippen molar-refractivity contribution in [1.82, 2.24) is 5.01 Å². The monoisotopic (exact) mass is 278 g/mol. The van der Waals surface area contributed by atoms with Crippen LogP contribution in [0.1, 0.15) is 16.8 Å². The molecule has 0 atom stereocenters. The number of imide groups is 1. The first-order valence-electron chi connectivity index (χ1n) is 6.70. The topological polar surface area (TPSA) is 40.6 Å². The van der Waals surface area contributed by atoms with Crippen LogP contribution in [0.25, 0.3) is 0 Å². The van der Waals surface area contributed by atoms with E-state index >= 15 is 0 Å². The quantitative estimate of drug-likeness (QED) is 0.793. The molecule has 0 spiro atoms. The van der Waals surface area contributed by atoms with Crippen LogP contribution < -0.4 is 5.01 Å². The first-order chi connectivity index (χ1) is 10.3. The summed E-state index contributed by atoms with van der Waals surface area (Å²) in [5, 5.41) is 2.77. The van der Waals surface area contributed by atoms with Crippen LogP contribution in [0.2, 0.25) is 0 Å². The van der Waals surface area contributed by atoms with Gasteiger partial charge in [-0.05, 0) is 24.3 Å². The first kappa shape index (κ1) is 13.1. The van der Waals surface area contributed by atoms with E-state index < -0.39 is 0 Å². The van der Waals surface area contributed by atoms with Gasteiger partial charge in [0.25, 0.3) is 11.8 Å². The summed E-state index contributed by atoms with van der Waals surface area (Å²) in [6.45, 7) is 0. The second-order valence-electron chi connectivity index (χ2n) is 4.65. The van der Waals surface area contributed by atoms with Gasteiger partial charge in [-0.3, -0.25) is 14.6 Å². The second-order valence-corrected chi connectivity index (χ2v) is 4.65. The van der Waals surface area contributed by atoms with Gasteiger partial charge in [-0.15, -0.1) is 0 Å². The maximum Gasteiger partial charge on any atom is 0.279 e. The maximum atomic E-state index is 12.6. The number of benzene rings is 2. The second kappa shape index (κ2) is 5.63. The van der Waals surface area contributed by atoms with Crippen LogP contribution in [0.5, 0.6) is 0 Å². The van der Waals surface area contributed by atoms with E-state index in [-0.39, 0.29) is 18.2 Å². The van der Waals surface area contributed by atoms with Crippen LogP contribution in [0.15, 0.2) is 72.9 Å². The van der Waals surface area contributed by atoms with Crippen LogP contribution in [-0.2, 0) is 4.79 Å². The van der Waals surface area contributed by atoms with Crippen molar-refractivity contribution in [1.29, 1.82) is 0 Å². The van der Waals surface area contributed by atoms with Crippen LogP contribution >= 0.6 is 0 Å². The van der Waals surface area contributed by atoms with Crippen LogP contribution in [-0.4, -0.2) is 16.8 Å². The van der Waals surface area contributed by atoms with Crippen LogP contribution in [0.4, 0.5) is 5.69 Å². The van der Waals surface area contributed by atoms with E-state index in [4.69, 9.17) is 0 Å². The van der Waals surface area contributed by atoms with Gasteiger partial charge in [0.1, 0.15) is 0 Å². The zero-order valence-electron chi connectivity index (χ0n) is 11.3. The highest BCUT2D eigenvalue weighted by molar-refractivity contribution is 6.06. The first-order valence-corrected chi connectivity index (χ1v) is 6.70. The van der Waals surface area contributed by atoms with Gasteiger partial charge in [0.15, 0.2) is 0 Å². The molecule has 104 valence electrons. The van der Waals surface area contributed by atoms with E-state index in [1.807, 2.05) is 36.4 Å². The van der Waals surface area contributed by atoms with Crippen molar-refractivity contribution in [3.63, 3.8) is 0 Å². The number of nitrogens with zero attached hydrogens (tertiary/aromatic N) is 2. The van der Waals surface area contributed by atoms with Gasteiger partial charge < -0.3 is 0 Å². The van der Waals surface area contributed by atoms with Gasteiger partial charge in [-0.2, -0.15) is 5.01 Å². The summed E-state index contributed by atoms with van der Waals surface area (Å²) in [5.74, 6) is -0.566. The van der Waals surface area contributed by atoms with Crippen molar-refractivity contribution in [2.75, 3.05) is 5.01 Å². The normalized spacial score (nSPS) is 14.4. The predicted molar refractivity (Wildman–Crippen MR) is 80.3 cm³/mol. The number of hydrazine groups is 1. The molecule has 21 heavy (non-hydrogen) atoms. The third-order valence-electron chi connectivity index (χ3n) is 3.22. The zero-order chi connectivity index (χ0) is 14.7. The Bertz CT molecular complexity index is 680. The van der Waals surface area contributed by atoms with Gasteiger partial charge in [0, 0.05) is 18.2 Å². The van der Waals surface area contributed by atoms with Crippen molar-refractivity contribution in [2.45, 2.75) is 6.42 Å². The van der Waals surface area contributed by atoms with Gasteiger partial charge in [-0.25, -0.2) is 0 Å². The maximum absolute atomic E-state index is 12.6. The molecule has 0 saturated carbocycles. The highest BCUT2D eigenvalue weighted by atomic mass is 16.2. The van der Waals surface area contributed by atoms with Crippen molar-refractivity contribution < 1.29 is 9.59 Å². The Kier molecular flexibility index (Phi) is 3.51. The van der Waals surface area contributed by atoms with Gasteiger partial charge in [-0.1, -0.05) is 42.5 Å². The Hall–Kier alpha value is -2.88. The summed E-state index contributed by atoms with van der Waals surface area (Å²) in [7, 11) is 0. The molecule has 0 aromatic heterocycles. The summed E-state index contributed by atoms with van der Waals surface area (Å²) < 4.78 is 0. The predicted octanol–water partition coefficient (Wildman–Crippen LogP) is 2.99. The molecule has 2 amide bonds. The fourth-order valence-corrected chi connectivity index (χ4v) is 2.22. The van der Waals surface area contributed by atoms with Crippen LogP contribution in [0.3, 0.4) is 0 Å². The minimum atomic E-state index is -0.325. The number of carbonyl (C=O) groups is 2. The van der Waals surface area contributed by atoms with E-state index in [1.165, 1.54) is 5.01 Å². The number of carbonyl (C=O) groups excluding carboxylic acids is 2. The summed E-state index contributed by atoms with van der Waals surface area (Å²) in [6, 6.07) is 18.2. The fourth-order valence-electron chi connectivity index (χ4n) is 2.22. The number of hydrogen-bond acceptors (Lipinski definition) is 3. The molecule has 2 aromatic carbocycles. The molecule has 0 radical (unpaired) electrons. The van der Waals surface area contributed by atoms with E-state index in [0.717, 1.165) is 5.69 Å². The van der Waals surface area contributed by atoms with Crippen molar-refractivity contribution in [3.8, 4) is 0 Å². The largest absolute Gasteiger partial charge is 0.279 e. The number of hydrogen-bond donors (Lipinski definition) is 0. The van der Waals surface area contributed by atoms with Crippen molar-refractivity contribution in [2.24, 2.45) is 0 Å². The van der Waals surface area contributed by atoms with Gasteiger partial charge in [0.05, 0.1) is 5.69 Å². The van der Waals surface area contributed by atoms with E-state index in [2.05, 4.69) is 0 Å². The molecule has 1 aliphatic rings. The smallest absolute Gasteiger partial charge is 0.272 e. The standard InChI is InChI=1S/C17H14N2O2/c20-16-12-7-13-18(15-10-5-2-6-11-15)19(16)17(21)14-8-3-1-4-9-14/h1-11,13H,12H2. The average molecular weight is 278 g/mol. The number of amides is 2. The molecule has 4 heteroatoms. The molecular weight excluding hydrogens is 264 g/mol. The van der Waals surface area contributed by atoms with Gasteiger partial charge in [0.2, 0.25) is 0 Å². The van der Waals surface area contributed by atoms with Gasteiger partial charge >= 0.3 is 0 Å². The number of para-hydroxylation sites is 1. The lowest BCUT2D eigenvalue weighted by Crippen LogP contribution is -2.49. The van der Waals surface area contributed by atoms with Crippen molar-refractivity contribution in [3.05, 3.63) is 78.5 Å². The Morgan fingerprint density at radius 3 is 2.19 bits per heavy atom. The highest BCUT2D eigenvalue weighted by Gasteiger charge is 2.30. The molecule has 0 saturated heterocycles. The molecule has 4 nitrogen and oxygen atoms in total. The molecule has 0 N–H and O–H groups in total. The minimum Gasteiger partial charge on any atom is -0.272 e.